The molecule has 3 fully saturated rings. The Morgan fingerprint density at radius 2 is 1.67 bits per heavy atom. The second-order valence-corrected chi connectivity index (χ2v) is 9.34. The third-order valence-electron chi connectivity index (χ3n) is 7.24. The first-order chi connectivity index (χ1) is 15.9. The fourth-order valence-corrected chi connectivity index (χ4v) is 5.53. The van der Waals surface area contributed by atoms with Crippen molar-refractivity contribution in [3.63, 3.8) is 0 Å². The molecular formula is C24H31F3N4O2. The average molecular weight is 465 g/mol. The fraction of sp³-hybridized carbons (Fsp3) is 0.625. The summed E-state index contributed by atoms with van der Waals surface area (Å²) in [6, 6.07) is 7.52. The first-order valence-corrected chi connectivity index (χ1v) is 12.0. The van der Waals surface area contributed by atoms with Crippen LogP contribution in [-0.4, -0.2) is 85.0 Å². The number of fused-ring (bicyclic) bond motifs is 1. The van der Waals surface area contributed by atoms with Crippen LogP contribution in [0.2, 0.25) is 0 Å². The van der Waals surface area contributed by atoms with Gasteiger partial charge in [0, 0.05) is 56.3 Å². The average Bonchev–Trinajstić information content (AvgIpc) is 3.47. The first kappa shape index (κ1) is 22.5. The highest BCUT2D eigenvalue weighted by atomic mass is 19.4. The quantitative estimate of drug-likeness (QED) is 0.691. The minimum absolute atomic E-state index is 0.0422. The number of benzene rings is 1. The summed E-state index contributed by atoms with van der Waals surface area (Å²) in [7, 11) is 0. The molecule has 0 unspecified atom stereocenters. The van der Waals surface area contributed by atoms with Crippen molar-refractivity contribution in [1.82, 2.24) is 14.4 Å². The number of morpholine rings is 1. The third-order valence-corrected chi connectivity index (χ3v) is 7.24. The highest BCUT2D eigenvalue weighted by molar-refractivity contribution is 5.99. The lowest BCUT2D eigenvalue weighted by Gasteiger charge is -2.38. The predicted molar refractivity (Wildman–Crippen MR) is 121 cm³/mol. The van der Waals surface area contributed by atoms with Crippen LogP contribution >= 0.6 is 0 Å². The number of hydrogen-bond donors (Lipinski definition) is 0. The number of hydrogen-bond acceptors (Lipinski definition) is 4. The SMILES string of the molecule is O=C(c1ccc2c(c1)cc(N1CCOCC1)n2CC(F)(F)F)N1CCN(C2CCCC2)CC1. The van der Waals surface area contributed by atoms with E-state index in [9.17, 15) is 18.0 Å². The molecule has 2 aliphatic heterocycles. The van der Waals surface area contributed by atoms with Gasteiger partial charge in [-0.1, -0.05) is 12.8 Å². The highest BCUT2D eigenvalue weighted by Crippen LogP contribution is 2.32. The number of ether oxygens (including phenoxy) is 1. The smallest absolute Gasteiger partial charge is 0.378 e. The lowest BCUT2D eigenvalue weighted by molar-refractivity contribution is -0.139. The first-order valence-electron chi connectivity index (χ1n) is 12.0. The molecule has 2 aromatic rings. The van der Waals surface area contributed by atoms with E-state index >= 15 is 0 Å². The number of anilines is 1. The van der Waals surface area contributed by atoms with Crippen LogP contribution in [0.4, 0.5) is 19.0 Å². The molecule has 9 heteroatoms. The van der Waals surface area contributed by atoms with Gasteiger partial charge in [-0.15, -0.1) is 0 Å². The van der Waals surface area contributed by atoms with Crippen LogP contribution in [0.25, 0.3) is 10.9 Å². The van der Waals surface area contributed by atoms with E-state index in [4.69, 9.17) is 4.74 Å². The summed E-state index contributed by atoms with van der Waals surface area (Å²) in [5.74, 6) is 0.486. The van der Waals surface area contributed by atoms with E-state index in [0.29, 0.717) is 67.7 Å². The molecule has 1 saturated carbocycles. The number of halogens is 3. The Balaban J connectivity index is 1.36. The highest BCUT2D eigenvalue weighted by Gasteiger charge is 2.32. The molecule has 3 aliphatic rings. The molecule has 0 radical (unpaired) electrons. The molecule has 1 aliphatic carbocycles. The molecule has 1 amide bonds. The topological polar surface area (TPSA) is 41.0 Å². The zero-order valence-corrected chi connectivity index (χ0v) is 18.8. The third kappa shape index (κ3) is 4.84. The number of carbonyl (C=O) groups is 1. The lowest BCUT2D eigenvalue weighted by Crippen LogP contribution is -2.51. The van der Waals surface area contributed by atoms with Gasteiger partial charge >= 0.3 is 6.18 Å². The van der Waals surface area contributed by atoms with Gasteiger partial charge in [-0.3, -0.25) is 9.69 Å². The van der Waals surface area contributed by atoms with Crippen LogP contribution in [0, 0.1) is 0 Å². The van der Waals surface area contributed by atoms with Gasteiger partial charge in [0.2, 0.25) is 0 Å². The van der Waals surface area contributed by atoms with E-state index in [1.807, 2.05) is 9.80 Å². The molecule has 0 bridgehead atoms. The number of nitrogens with zero attached hydrogens (tertiary/aromatic N) is 4. The maximum absolute atomic E-state index is 13.4. The molecule has 5 rings (SSSR count). The maximum Gasteiger partial charge on any atom is 0.406 e. The number of aromatic nitrogens is 1. The zero-order valence-electron chi connectivity index (χ0n) is 18.8. The fourth-order valence-electron chi connectivity index (χ4n) is 5.53. The second kappa shape index (κ2) is 9.18. The van der Waals surface area contributed by atoms with E-state index in [1.165, 1.54) is 30.3 Å². The summed E-state index contributed by atoms with van der Waals surface area (Å²) >= 11 is 0. The van der Waals surface area contributed by atoms with Crippen LogP contribution in [-0.2, 0) is 11.3 Å². The summed E-state index contributed by atoms with van der Waals surface area (Å²) in [6.45, 7) is 4.19. The zero-order chi connectivity index (χ0) is 23.0. The number of rotatable bonds is 4. The lowest BCUT2D eigenvalue weighted by atomic mass is 10.1. The normalized spacial score (nSPS) is 21.3. The minimum atomic E-state index is -4.33. The van der Waals surface area contributed by atoms with Crippen molar-refractivity contribution >= 4 is 22.6 Å². The van der Waals surface area contributed by atoms with E-state index in [1.54, 1.807) is 24.3 Å². The molecule has 3 heterocycles. The molecule has 0 N–H and O–H groups in total. The maximum atomic E-state index is 13.4. The van der Waals surface area contributed by atoms with Gasteiger partial charge in [0.15, 0.2) is 0 Å². The van der Waals surface area contributed by atoms with E-state index in [2.05, 4.69) is 4.90 Å². The van der Waals surface area contributed by atoms with Crippen LogP contribution in [0.15, 0.2) is 24.3 Å². The van der Waals surface area contributed by atoms with Crippen molar-refractivity contribution in [3.05, 3.63) is 29.8 Å². The number of amides is 1. The van der Waals surface area contributed by atoms with Gasteiger partial charge in [-0.2, -0.15) is 13.2 Å². The summed E-state index contributed by atoms with van der Waals surface area (Å²) in [5.41, 5.74) is 1.03. The molecular weight excluding hydrogens is 433 g/mol. The number of carbonyl (C=O) groups excluding carboxylic acids is 1. The van der Waals surface area contributed by atoms with Gasteiger partial charge in [-0.25, -0.2) is 0 Å². The Morgan fingerprint density at radius 3 is 2.33 bits per heavy atom. The molecule has 0 atom stereocenters. The Kier molecular flexibility index (Phi) is 6.26. The molecule has 1 aromatic carbocycles. The summed E-state index contributed by atoms with van der Waals surface area (Å²) < 4.78 is 46.8. The van der Waals surface area contributed by atoms with Crippen molar-refractivity contribution < 1.29 is 22.7 Å². The monoisotopic (exact) mass is 464 g/mol. The predicted octanol–water partition coefficient (Wildman–Crippen LogP) is 3.74. The minimum Gasteiger partial charge on any atom is -0.378 e. The number of piperazine rings is 1. The molecule has 33 heavy (non-hydrogen) atoms. The molecule has 2 saturated heterocycles. The Labute approximate surface area is 191 Å². The molecule has 6 nitrogen and oxygen atoms in total. The molecule has 180 valence electrons. The van der Waals surface area contributed by atoms with Gasteiger partial charge in [0.1, 0.15) is 12.4 Å². The van der Waals surface area contributed by atoms with E-state index < -0.39 is 12.7 Å². The Morgan fingerprint density at radius 1 is 0.970 bits per heavy atom. The Hall–Kier alpha value is -2.26. The second-order valence-electron chi connectivity index (χ2n) is 9.34. The summed E-state index contributed by atoms with van der Waals surface area (Å²) in [6.07, 6.45) is 0.769. The van der Waals surface area contributed by atoms with Crippen molar-refractivity contribution in [2.24, 2.45) is 0 Å². The molecule has 1 aromatic heterocycles. The van der Waals surface area contributed by atoms with Crippen molar-refractivity contribution in [2.75, 3.05) is 57.4 Å². The number of alkyl halides is 3. The van der Waals surface area contributed by atoms with Crippen LogP contribution in [0.1, 0.15) is 36.0 Å². The summed E-state index contributed by atoms with van der Waals surface area (Å²) in [4.78, 5) is 19.5. The van der Waals surface area contributed by atoms with Crippen molar-refractivity contribution in [2.45, 2.75) is 44.4 Å². The van der Waals surface area contributed by atoms with Crippen LogP contribution < -0.4 is 4.90 Å². The van der Waals surface area contributed by atoms with Gasteiger partial charge in [-0.05, 0) is 37.1 Å². The van der Waals surface area contributed by atoms with Crippen molar-refractivity contribution in [1.29, 1.82) is 0 Å². The molecule has 0 spiro atoms. The van der Waals surface area contributed by atoms with E-state index in [0.717, 1.165) is 13.1 Å². The van der Waals surface area contributed by atoms with Gasteiger partial charge < -0.3 is 19.1 Å². The standard InChI is InChI=1S/C24H31F3N4O2/c25-24(26,27)17-31-21-6-5-18(15-19(21)16-22(31)29-11-13-33-14-12-29)23(32)30-9-7-28(8-10-30)20-3-1-2-4-20/h5-6,15-16,20H,1-4,7-14,17H2. The van der Waals surface area contributed by atoms with Gasteiger partial charge in [0.05, 0.1) is 18.7 Å². The van der Waals surface area contributed by atoms with E-state index in [-0.39, 0.29) is 5.91 Å². The summed E-state index contributed by atoms with van der Waals surface area (Å²) in [5, 5.41) is 0.663. The van der Waals surface area contributed by atoms with Gasteiger partial charge in [0.25, 0.3) is 5.91 Å². The Bertz CT molecular complexity index is 985. The largest absolute Gasteiger partial charge is 0.406 e. The van der Waals surface area contributed by atoms with Crippen LogP contribution in [0.3, 0.4) is 0 Å². The van der Waals surface area contributed by atoms with Crippen LogP contribution in [0.5, 0.6) is 0 Å². The van der Waals surface area contributed by atoms with Crippen molar-refractivity contribution in [3.8, 4) is 0 Å².